The van der Waals surface area contributed by atoms with Gasteiger partial charge in [-0.15, -0.1) is 23.5 Å². The molecule has 5 rings (SSSR count). The van der Waals surface area contributed by atoms with Crippen molar-refractivity contribution in [2.75, 3.05) is 22.1 Å². The number of carbonyl (C=O) groups is 4. The molecule has 0 saturated heterocycles. The monoisotopic (exact) mass is 538 g/mol. The van der Waals surface area contributed by atoms with Gasteiger partial charge in [-0.25, -0.2) is 0 Å². The van der Waals surface area contributed by atoms with Crippen LogP contribution in [0.3, 0.4) is 0 Å². The Morgan fingerprint density at radius 2 is 0.921 bits per heavy atom. The Morgan fingerprint density at radius 3 is 1.32 bits per heavy atom. The zero-order valence-corrected chi connectivity index (χ0v) is 21.7. The van der Waals surface area contributed by atoms with E-state index in [0.717, 1.165) is 9.79 Å². The number of nitrogens with one attached hydrogen (secondary N) is 2. The first-order valence-electron chi connectivity index (χ1n) is 11.8. The van der Waals surface area contributed by atoms with E-state index >= 15 is 0 Å². The van der Waals surface area contributed by atoms with Crippen LogP contribution in [0, 0.1) is 0 Å². The van der Waals surface area contributed by atoms with Gasteiger partial charge in [0.2, 0.25) is 11.8 Å². The molecular weight excluding hydrogens is 516 g/mol. The van der Waals surface area contributed by atoms with Crippen LogP contribution >= 0.6 is 23.5 Å². The molecule has 0 fully saturated rings. The second-order valence-electron chi connectivity index (χ2n) is 8.41. The predicted molar refractivity (Wildman–Crippen MR) is 151 cm³/mol. The van der Waals surface area contributed by atoms with Crippen LogP contribution in [0.2, 0.25) is 0 Å². The quantitative estimate of drug-likeness (QED) is 0.238. The summed E-state index contributed by atoms with van der Waals surface area (Å²) >= 11 is 2.76. The Kier molecular flexibility index (Phi) is 7.72. The average molecular weight is 539 g/mol. The second-order valence-corrected chi connectivity index (χ2v) is 10.5. The molecular formula is C30H22N2O4S2. The Bertz CT molecular complexity index is 1420. The normalized spacial score (nSPS) is 11.9. The Morgan fingerprint density at radius 1 is 0.526 bits per heavy atom. The summed E-state index contributed by atoms with van der Waals surface area (Å²) in [7, 11) is 0. The van der Waals surface area contributed by atoms with Crippen LogP contribution in [0.25, 0.3) is 0 Å². The van der Waals surface area contributed by atoms with Gasteiger partial charge in [0.1, 0.15) is 0 Å². The topological polar surface area (TPSA) is 92.3 Å². The van der Waals surface area contributed by atoms with E-state index in [1.807, 2.05) is 60.7 Å². The van der Waals surface area contributed by atoms with Crippen molar-refractivity contribution in [3.05, 3.63) is 119 Å². The maximum absolute atomic E-state index is 13.6. The van der Waals surface area contributed by atoms with E-state index in [0.29, 0.717) is 11.4 Å². The summed E-state index contributed by atoms with van der Waals surface area (Å²) in [5.74, 6) is -1.01. The first-order chi connectivity index (χ1) is 18.5. The summed E-state index contributed by atoms with van der Waals surface area (Å²) in [6.45, 7) is 0. The molecule has 38 heavy (non-hydrogen) atoms. The molecule has 0 bridgehead atoms. The molecule has 0 aliphatic heterocycles. The van der Waals surface area contributed by atoms with Crippen molar-refractivity contribution in [3.8, 4) is 0 Å². The van der Waals surface area contributed by atoms with E-state index in [1.165, 1.54) is 23.5 Å². The van der Waals surface area contributed by atoms with Crippen LogP contribution in [-0.2, 0) is 9.59 Å². The lowest BCUT2D eigenvalue weighted by Gasteiger charge is -2.22. The SMILES string of the molecule is O=C(CSc1ccccc1)Nc1cccc2c1C(=O)c1cccc(NC(=O)CSc3ccccc3)c1C2=O. The van der Waals surface area contributed by atoms with Crippen molar-refractivity contribution in [2.45, 2.75) is 9.79 Å². The van der Waals surface area contributed by atoms with Crippen molar-refractivity contribution in [3.63, 3.8) is 0 Å². The van der Waals surface area contributed by atoms with Crippen LogP contribution in [0.4, 0.5) is 11.4 Å². The number of thioether (sulfide) groups is 2. The van der Waals surface area contributed by atoms with Gasteiger partial charge in [0, 0.05) is 20.9 Å². The molecule has 0 spiro atoms. The maximum atomic E-state index is 13.6. The Hall–Kier alpha value is -4.14. The number of hydrogen-bond acceptors (Lipinski definition) is 6. The zero-order chi connectivity index (χ0) is 26.5. The fourth-order valence-corrected chi connectivity index (χ4v) is 5.59. The zero-order valence-electron chi connectivity index (χ0n) is 20.1. The Balaban J connectivity index is 1.34. The average Bonchev–Trinajstić information content (AvgIpc) is 2.95. The predicted octanol–water partition coefficient (Wildman–Crippen LogP) is 5.92. The molecule has 4 aromatic rings. The second kappa shape index (κ2) is 11.5. The third-order valence-corrected chi connectivity index (χ3v) is 7.87. The molecule has 0 radical (unpaired) electrons. The van der Waals surface area contributed by atoms with Crippen LogP contribution < -0.4 is 10.6 Å². The molecule has 0 heterocycles. The van der Waals surface area contributed by atoms with E-state index in [9.17, 15) is 19.2 Å². The fourth-order valence-electron chi connectivity index (χ4n) is 4.15. The molecule has 8 heteroatoms. The number of amides is 2. The van der Waals surface area contributed by atoms with Crippen molar-refractivity contribution in [2.24, 2.45) is 0 Å². The molecule has 1 aliphatic rings. The van der Waals surface area contributed by atoms with E-state index < -0.39 is 0 Å². The lowest BCUT2D eigenvalue weighted by Crippen LogP contribution is -2.26. The van der Waals surface area contributed by atoms with Crippen LogP contribution in [0.5, 0.6) is 0 Å². The molecule has 0 atom stereocenters. The first-order valence-corrected chi connectivity index (χ1v) is 13.8. The van der Waals surface area contributed by atoms with Crippen molar-refractivity contribution in [1.29, 1.82) is 0 Å². The van der Waals surface area contributed by atoms with E-state index in [-0.39, 0.29) is 57.1 Å². The van der Waals surface area contributed by atoms with Crippen molar-refractivity contribution < 1.29 is 19.2 Å². The highest BCUT2D eigenvalue weighted by Gasteiger charge is 2.34. The molecule has 6 nitrogen and oxygen atoms in total. The minimum absolute atomic E-state index is 0.156. The third kappa shape index (κ3) is 5.56. The van der Waals surface area contributed by atoms with Crippen molar-refractivity contribution >= 4 is 58.3 Å². The molecule has 2 amide bonds. The van der Waals surface area contributed by atoms with E-state index in [4.69, 9.17) is 0 Å². The first kappa shape index (κ1) is 25.5. The molecule has 0 unspecified atom stereocenters. The lowest BCUT2D eigenvalue weighted by atomic mass is 9.82. The van der Waals surface area contributed by atoms with Gasteiger partial charge < -0.3 is 10.6 Å². The number of fused-ring (bicyclic) bond motifs is 2. The summed E-state index contributed by atoms with van der Waals surface area (Å²) < 4.78 is 0. The minimum atomic E-state index is -0.379. The summed E-state index contributed by atoms with van der Waals surface area (Å²) in [6.07, 6.45) is 0. The molecule has 4 aromatic carbocycles. The van der Waals surface area contributed by atoms with Gasteiger partial charge >= 0.3 is 0 Å². The van der Waals surface area contributed by atoms with E-state index in [2.05, 4.69) is 10.6 Å². The molecule has 0 aromatic heterocycles. The smallest absolute Gasteiger partial charge is 0.234 e. The number of anilines is 2. The third-order valence-electron chi connectivity index (χ3n) is 5.85. The minimum Gasteiger partial charge on any atom is -0.325 e. The summed E-state index contributed by atoms with van der Waals surface area (Å²) in [4.78, 5) is 54.4. The summed E-state index contributed by atoms with van der Waals surface area (Å²) in [5.41, 5.74) is 1.28. The highest BCUT2D eigenvalue weighted by molar-refractivity contribution is 8.00. The highest BCUT2D eigenvalue weighted by Crippen LogP contribution is 2.35. The van der Waals surface area contributed by atoms with Crippen LogP contribution in [-0.4, -0.2) is 34.9 Å². The largest absolute Gasteiger partial charge is 0.325 e. The van der Waals surface area contributed by atoms with Gasteiger partial charge in [0.05, 0.1) is 34.0 Å². The Labute approximate surface area is 228 Å². The number of carbonyl (C=O) groups excluding carboxylic acids is 4. The summed E-state index contributed by atoms with van der Waals surface area (Å²) in [6, 6.07) is 28.7. The fraction of sp³-hybridized carbons (Fsp3) is 0.0667. The maximum Gasteiger partial charge on any atom is 0.234 e. The number of benzene rings is 4. The number of rotatable bonds is 8. The van der Waals surface area contributed by atoms with Crippen LogP contribution in [0.1, 0.15) is 31.8 Å². The van der Waals surface area contributed by atoms with Crippen LogP contribution in [0.15, 0.2) is 107 Å². The lowest BCUT2D eigenvalue weighted by molar-refractivity contribution is -0.114. The van der Waals surface area contributed by atoms with E-state index in [1.54, 1.807) is 36.4 Å². The summed E-state index contributed by atoms with van der Waals surface area (Å²) in [5, 5.41) is 5.59. The molecule has 1 aliphatic carbocycles. The standard InChI is InChI=1S/C30H22N2O4S2/c33-25(17-37-19-9-3-1-4-10-19)31-23-15-7-13-21-27(23)29(35)22-14-8-16-24(28(22)30(21)36)32-26(34)18-38-20-11-5-2-6-12-20/h1-16H,17-18H2,(H,31,33)(H,32,34). The van der Waals surface area contributed by atoms with Gasteiger partial charge in [-0.2, -0.15) is 0 Å². The number of hydrogen-bond donors (Lipinski definition) is 2. The highest BCUT2D eigenvalue weighted by atomic mass is 32.2. The molecule has 2 N–H and O–H groups in total. The molecule has 188 valence electrons. The van der Waals surface area contributed by atoms with Gasteiger partial charge in [-0.05, 0) is 36.4 Å². The molecule has 0 saturated carbocycles. The van der Waals surface area contributed by atoms with Gasteiger partial charge in [0.25, 0.3) is 0 Å². The van der Waals surface area contributed by atoms with Crippen molar-refractivity contribution in [1.82, 2.24) is 0 Å². The van der Waals surface area contributed by atoms with Gasteiger partial charge in [-0.1, -0.05) is 60.7 Å². The number of ketones is 2. The van der Waals surface area contributed by atoms with Gasteiger partial charge in [0.15, 0.2) is 11.6 Å². The van der Waals surface area contributed by atoms with Gasteiger partial charge in [-0.3, -0.25) is 19.2 Å².